The minimum absolute atomic E-state index is 0.0155. The van der Waals surface area contributed by atoms with Gasteiger partial charge in [-0.25, -0.2) is 4.68 Å². The SMILES string of the molecule is Cc1cc(C)n(-c2nc(NCCC(=O)O)c3c4c(sc3n2)COC(C)(C)C4)n1. The molecule has 0 bridgehead atoms. The van der Waals surface area contributed by atoms with Crippen LogP contribution in [0, 0.1) is 13.8 Å². The van der Waals surface area contributed by atoms with Gasteiger partial charge >= 0.3 is 5.97 Å². The number of aromatic nitrogens is 4. The molecular weight excluding hydrogens is 378 g/mol. The van der Waals surface area contributed by atoms with Gasteiger partial charge in [-0.15, -0.1) is 11.3 Å². The molecule has 9 heteroatoms. The number of anilines is 1. The predicted octanol–water partition coefficient (Wildman–Crippen LogP) is 3.23. The van der Waals surface area contributed by atoms with Crippen molar-refractivity contribution >= 4 is 33.3 Å². The van der Waals surface area contributed by atoms with Crippen molar-refractivity contribution in [3.8, 4) is 5.95 Å². The van der Waals surface area contributed by atoms with Gasteiger partial charge in [0.1, 0.15) is 10.6 Å². The van der Waals surface area contributed by atoms with E-state index < -0.39 is 5.97 Å². The van der Waals surface area contributed by atoms with Gasteiger partial charge in [-0.3, -0.25) is 4.79 Å². The second-order valence-electron chi connectivity index (χ2n) is 7.69. The molecule has 0 aliphatic carbocycles. The first-order chi connectivity index (χ1) is 13.2. The Morgan fingerprint density at radius 2 is 2.18 bits per heavy atom. The fraction of sp³-hybridized carbons (Fsp3) is 0.474. The van der Waals surface area contributed by atoms with E-state index in [0.717, 1.165) is 32.9 Å². The van der Waals surface area contributed by atoms with Gasteiger partial charge in [0, 0.05) is 23.5 Å². The van der Waals surface area contributed by atoms with Crippen molar-refractivity contribution in [1.82, 2.24) is 19.7 Å². The highest BCUT2D eigenvalue weighted by Crippen LogP contribution is 2.41. The van der Waals surface area contributed by atoms with E-state index >= 15 is 0 Å². The molecular formula is C19H23N5O3S. The number of hydrogen-bond acceptors (Lipinski definition) is 7. The largest absolute Gasteiger partial charge is 0.481 e. The summed E-state index contributed by atoms with van der Waals surface area (Å²) >= 11 is 1.60. The molecule has 3 aromatic rings. The van der Waals surface area contributed by atoms with E-state index in [1.807, 2.05) is 19.9 Å². The lowest BCUT2D eigenvalue weighted by molar-refractivity contribution is -0.136. The van der Waals surface area contributed by atoms with Gasteiger partial charge in [-0.1, -0.05) is 0 Å². The standard InChI is InChI=1S/C19H23N5O3S/c1-10-7-11(2)24(23-10)18-21-16(20-6-5-14(25)26)15-12-8-19(3,4)27-9-13(12)28-17(15)22-18/h7H,5-6,8-9H2,1-4H3,(H,25,26)(H,20,21,22). The number of carboxylic acid groups (broad SMARTS) is 1. The minimum atomic E-state index is -0.849. The van der Waals surface area contributed by atoms with E-state index in [0.29, 0.717) is 24.9 Å². The Labute approximate surface area is 166 Å². The molecule has 4 rings (SSSR count). The zero-order valence-corrected chi connectivity index (χ0v) is 17.2. The van der Waals surface area contributed by atoms with Crippen molar-refractivity contribution in [2.24, 2.45) is 0 Å². The molecule has 0 saturated carbocycles. The molecule has 0 saturated heterocycles. The van der Waals surface area contributed by atoms with Gasteiger partial charge in [0.25, 0.3) is 5.95 Å². The Morgan fingerprint density at radius 1 is 1.39 bits per heavy atom. The normalized spacial score (nSPS) is 15.6. The second kappa shape index (κ2) is 6.82. The summed E-state index contributed by atoms with van der Waals surface area (Å²) in [6, 6.07) is 1.97. The fourth-order valence-corrected chi connectivity index (χ4v) is 4.57. The average Bonchev–Trinajstić information content (AvgIpc) is 3.12. The van der Waals surface area contributed by atoms with Crippen molar-refractivity contribution in [2.75, 3.05) is 11.9 Å². The molecule has 0 atom stereocenters. The van der Waals surface area contributed by atoms with Crippen LogP contribution in [0.25, 0.3) is 16.2 Å². The molecule has 0 amide bonds. The Hall–Kier alpha value is -2.52. The summed E-state index contributed by atoms with van der Waals surface area (Å²) in [5.74, 6) is 0.289. The quantitative estimate of drug-likeness (QED) is 0.677. The monoisotopic (exact) mass is 401 g/mol. The molecule has 1 aliphatic heterocycles. The van der Waals surface area contributed by atoms with Crippen LogP contribution in [0.15, 0.2) is 6.07 Å². The molecule has 0 fully saturated rings. The van der Waals surface area contributed by atoms with Crippen LogP contribution in [0.3, 0.4) is 0 Å². The predicted molar refractivity (Wildman–Crippen MR) is 107 cm³/mol. The molecule has 2 N–H and O–H groups in total. The number of nitrogens with zero attached hydrogens (tertiary/aromatic N) is 4. The maximum atomic E-state index is 11.0. The van der Waals surface area contributed by atoms with Crippen molar-refractivity contribution in [2.45, 2.75) is 52.7 Å². The van der Waals surface area contributed by atoms with Gasteiger partial charge in [0.15, 0.2) is 0 Å². The van der Waals surface area contributed by atoms with Crippen molar-refractivity contribution in [1.29, 1.82) is 0 Å². The number of ether oxygens (including phenoxy) is 1. The Morgan fingerprint density at radius 3 is 2.86 bits per heavy atom. The van der Waals surface area contributed by atoms with Gasteiger partial charge < -0.3 is 15.2 Å². The topological polar surface area (TPSA) is 102 Å². The summed E-state index contributed by atoms with van der Waals surface area (Å²) < 4.78 is 7.68. The van der Waals surface area contributed by atoms with E-state index in [1.165, 1.54) is 5.56 Å². The molecule has 0 radical (unpaired) electrons. The Bertz CT molecular complexity index is 1070. The summed E-state index contributed by atoms with van der Waals surface area (Å²) in [7, 11) is 0. The fourth-order valence-electron chi connectivity index (χ4n) is 3.48. The molecule has 28 heavy (non-hydrogen) atoms. The number of aryl methyl sites for hydroxylation is 2. The molecule has 0 aromatic carbocycles. The number of nitrogens with one attached hydrogen (secondary N) is 1. The van der Waals surface area contributed by atoms with Crippen LogP contribution in [0.2, 0.25) is 0 Å². The third-order valence-electron chi connectivity index (χ3n) is 4.75. The van der Waals surface area contributed by atoms with Gasteiger partial charge in [0.05, 0.1) is 29.7 Å². The number of aliphatic carboxylic acids is 1. The second-order valence-corrected chi connectivity index (χ2v) is 8.77. The van der Waals surface area contributed by atoms with E-state index in [4.69, 9.17) is 19.8 Å². The zero-order chi connectivity index (χ0) is 20.1. The summed E-state index contributed by atoms with van der Waals surface area (Å²) in [4.78, 5) is 22.5. The lowest BCUT2D eigenvalue weighted by Gasteiger charge is -2.30. The van der Waals surface area contributed by atoms with Gasteiger partial charge in [0.2, 0.25) is 0 Å². The highest BCUT2D eigenvalue weighted by molar-refractivity contribution is 7.19. The first-order valence-electron chi connectivity index (χ1n) is 9.19. The molecule has 0 spiro atoms. The van der Waals surface area contributed by atoms with E-state index in [1.54, 1.807) is 16.0 Å². The number of carbonyl (C=O) groups is 1. The number of thiophene rings is 1. The van der Waals surface area contributed by atoms with Crippen LogP contribution < -0.4 is 5.32 Å². The first-order valence-corrected chi connectivity index (χ1v) is 10.0. The smallest absolute Gasteiger partial charge is 0.305 e. The third-order valence-corrected chi connectivity index (χ3v) is 5.85. The minimum Gasteiger partial charge on any atom is -0.481 e. The zero-order valence-electron chi connectivity index (χ0n) is 16.4. The lowest BCUT2D eigenvalue weighted by Crippen LogP contribution is -2.31. The van der Waals surface area contributed by atoms with E-state index in [-0.39, 0.29) is 12.0 Å². The van der Waals surface area contributed by atoms with Gasteiger partial charge in [-0.2, -0.15) is 15.1 Å². The highest BCUT2D eigenvalue weighted by atomic mass is 32.1. The van der Waals surface area contributed by atoms with E-state index in [9.17, 15) is 4.79 Å². The third kappa shape index (κ3) is 3.47. The number of carboxylic acids is 1. The lowest BCUT2D eigenvalue weighted by atomic mass is 9.94. The van der Waals surface area contributed by atoms with Crippen molar-refractivity contribution < 1.29 is 14.6 Å². The summed E-state index contributed by atoms with van der Waals surface area (Å²) in [5, 5.41) is 17.7. The molecule has 1 aliphatic rings. The Kier molecular flexibility index (Phi) is 4.59. The molecule has 148 valence electrons. The summed E-state index contributed by atoms with van der Waals surface area (Å²) in [6.45, 7) is 8.87. The molecule has 4 heterocycles. The van der Waals surface area contributed by atoms with Crippen LogP contribution in [0.4, 0.5) is 5.82 Å². The molecule has 3 aromatic heterocycles. The summed E-state index contributed by atoms with van der Waals surface area (Å²) in [6.07, 6.45) is 0.778. The van der Waals surface area contributed by atoms with Crippen molar-refractivity contribution in [3.05, 3.63) is 27.9 Å². The maximum absolute atomic E-state index is 11.0. The maximum Gasteiger partial charge on any atom is 0.305 e. The van der Waals surface area contributed by atoms with Gasteiger partial charge in [-0.05, 0) is 39.3 Å². The van der Waals surface area contributed by atoms with Crippen LogP contribution in [-0.4, -0.2) is 43.0 Å². The molecule has 0 unspecified atom stereocenters. The number of fused-ring (bicyclic) bond motifs is 3. The summed E-state index contributed by atoms with van der Waals surface area (Å²) in [5.41, 5.74) is 2.77. The van der Waals surface area contributed by atoms with Crippen LogP contribution in [0.5, 0.6) is 0 Å². The highest BCUT2D eigenvalue weighted by Gasteiger charge is 2.31. The van der Waals surface area contributed by atoms with E-state index in [2.05, 4.69) is 24.3 Å². The number of rotatable bonds is 5. The average molecular weight is 401 g/mol. The Balaban J connectivity index is 1.86. The van der Waals surface area contributed by atoms with Crippen LogP contribution in [-0.2, 0) is 22.6 Å². The number of hydrogen-bond donors (Lipinski definition) is 2. The van der Waals surface area contributed by atoms with Crippen molar-refractivity contribution in [3.63, 3.8) is 0 Å². The first kappa shape index (κ1) is 18.8. The molecule has 8 nitrogen and oxygen atoms in total. The van der Waals surface area contributed by atoms with Crippen LogP contribution in [0.1, 0.15) is 42.1 Å². The van der Waals surface area contributed by atoms with Crippen LogP contribution >= 0.6 is 11.3 Å².